The van der Waals surface area contributed by atoms with E-state index in [-0.39, 0.29) is 24.4 Å². The molecule has 112 valence electrons. The minimum atomic E-state index is -3.20. The Morgan fingerprint density at radius 1 is 1.50 bits per heavy atom. The predicted octanol–water partition coefficient (Wildman–Crippen LogP) is -1.60. The fraction of sp³-hybridized carbons (Fsp3) is 0.700. The maximum atomic E-state index is 12.0. The molecule has 2 heterocycles. The Morgan fingerprint density at radius 2 is 2.15 bits per heavy atom. The summed E-state index contributed by atoms with van der Waals surface area (Å²) in [7, 11) is -3.20. The minimum absolute atomic E-state index is 0.0762. The number of likely N-dealkylation sites (tertiary alicyclic amines) is 1. The number of amides is 1. The summed E-state index contributed by atoms with van der Waals surface area (Å²) in [6.07, 6.45) is 3.77. The number of anilines is 1. The SMILES string of the molecule is CS(=O)(=O)NC1CCN(C(=O)Cn2cnc(N)n2)CC1. The summed E-state index contributed by atoms with van der Waals surface area (Å²) in [4.78, 5) is 17.5. The number of nitrogens with one attached hydrogen (secondary N) is 1. The lowest BCUT2D eigenvalue weighted by molar-refractivity contribution is -0.133. The van der Waals surface area contributed by atoms with E-state index < -0.39 is 10.0 Å². The molecule has 2 rings (SSSR count). The summed E-state index contributed by atoms with van der Waals surface area (Å²) in [6.45, 7) is 1.14. The van der Waals surface area contributed by atoms with Crippen LogP contribution in [0.2, 0.25) is 0 Å². The van der Waals surface area contributed by atoms with Crippen LogP contribution < -0.4 is 10.5 Å². The van der Waals surface area contributed by atoms with Crippen LogP contribution in [0.1, 0.15) is 12.8 Å². The van der Waals surface area contributed by atoms with Gasteiger partial charge in [-0.25, -0.2) is 22.8 Å². The molecule has 0 saturated carbocycles. The van der Waals surface area contributed by atoms with Gasteiger partial charge in [0, 0.05) is 19.1 Å². The van der Waals surface area contributed by atoms with Gasteiger partial charge in [0.05, 0.1) is 6.26 Å². The first kappa shape index (κ1) is 14.7. The van der Waals surface area contributed by atoms with Gasteiger partial charge in [0.1, 0.15) is 12.9 Å². The maximum absolute atomic E-state index is 12.0. The molecular weight excluding hydrogens is 284 g/mol. The van der Waals surface area contributed by atoms with E-state index in [4.69, 9.17) is 5.73 Å². The van der Waals surface area contributed by atoms with E-state index in [1.54, 1.807) is 4.90 Å². The van der Waals surface area contributed by atoms with Gasteiger partial charge in [-0.1, -0.05) is 0 Å². The van der Waals surface area contributed by atoms with Crippen molar-refractivity contribution in [2.45, 2.75) is 25.4 Å². The molecule has 3 N–H and O–H groups in total. The molecular formula is C10H18N6O3S. The molecule has 10 heteroatoms. The van der Waals surface area contributed by atoms with Crippen LogP contribution in [-0.2, 0) is 21.4 Å². The number of nitrogens with zero attached hydrogens (tertiary/aromatic N) is 4. The normalized spacial score (nSPS) is 17.4. The van der Waals surface area contributed by atoms with Crippen LogP contribution in [0.15, 0.2) is 6.33 Å². The van der Waals surface area contributed by atoms with Crippen molar-refractivity contribution in [3.63, 3.8) is 0 Å². The summed E-state index contributed by atoms with van der Waals surface area (Å²) in [5, 5.41) is 3.85. The van der Waals surface area contributed by atoms with Gasteiger partial charge in [-0.05, 0) is 12.8 Å². The van der Waals surface area contributed by atoms with Crippen molar-refractivity contribution in [2.24, 2.45) is 0 Å². The highest BCUT2D eigenvalue weighted by Gasteiger charge is 2.24. The molecule has 9 nitrogen and oxygen atoms in total. The molecule has 1 aliphatic rings. The molecule has 0 unspecified atom stereocenters. The highest BCUT2D eigenvalue weighted by Crippen LogP contribution is 2.11. The van der Waals surface area contributed by atoms with E-state index in [1.165, 1.54) is 11.0 Å². The molecule has 0 aromatic carbocycles. The number of sulfonamides is 1. The third kappa shape index (κ3) is 4.17. The van der Waals surface area contributed by atoms with Gasteiger partial charge in [0.2, 0.25) is 21.9 Å². The molecule has 0 spiro atoms. The van der Waals surface area contributed by atoms with Gasteiger partial charge in [0.25, 0.3) is 0 Å². The zero-order valence-corrected chi connectivity index (χ0v) is 12.0. The maximum Gasteiger partial charge on any atom is 0.244 e. The molecule has 1 aromatic heterocycles. The third-order valence-electron chi connectivity index (χ3n) is 3.08. The number of hydrogen-bond acceptors (Lipinski definition) is 6. The monoisotopic (exact) mass is 302 g/mol. The van der Waals surface area contributed by atoms with Gasteiger partial charge < -0.3 is 10.6 Å². The van der Waals surface area contributed by atoms with E-state index in [2.05, 4.69) is 14.8 Å². The van der Waals surface area contributed by atoms with Crippen LogP contribution in [0.3, 0.4) is 0 Å². The topological polar surface area (TPSA) is 123 Å². The first-order valence-electron chi connectivity index (χ1n) is 6.23. The summed E-state index contributed by atoms with van der Waals surface area (Å²) in [5.74, 6) is 0.0570. The van der Waals surface area contributed by atoms with Crippen molar-refractivity contribution < 1.29 is 13.2 Å². The Bertz CT molecular complexity index is 576. The third-order valence-corrected chi connectivity index (χ3v) is 3.84. The summed E-state index contributed by atoms with van der Waals surface area (Å²) >= 11 is 0. The predicted molar refractivity (Wildman–Crippen MR) is 72.0 cm³/mol. The number of nitrogen functional groups attached to an aromatic ring is 1. The van der Waals surface area contributed by atoms with Gasteiger partial charge in [-0.2, -0.15) is 0 Å². The molecule has 1 aromatic rings. The number of aromatic nitrogens is 3. The number of carbonyl (C=O) groups is 1. The second kappa shape index (κ2) is 5.75. The standard InChI is InChI=1S/C10H18N6O3S/c1-20(18,19)14-8-2-4-15(5-3-8)9(17)6-16-7-12-10(11)13-16/h7-8,14H,2-6H2,1H3,(H2,11,13). The van der Waals surface area contributed by atoms with Gasteiger partial charge in [0.15, 0.2) is 0 Å². The van der Waals surface area contributed by atoms with Crippen LogP contribution in [0, 0.1) is 0 Å². The zero-order valence-electron chi connectivity index (χ0n) is 11.2. The Hall–Kier alpha value is -1.68. The fourth-order valence-corrected chi connectivity index (χ4v) is 3.01. The van der Waals surface area contributed by atoms with Crippen molar-refractivity contribution >= 4 is 21.9 Å². The average Bonchev–Trinajstić information content (AvgIpc) is 2.73. The molecule has 1 amide bonds. The lowest BCUT2D eigenvalue weighted by atomic mass is 10.1. The molecule has 1 fully saturated rings. The lowest BCUT2D eigenvalue weighted by Crippen LogP contribution is -2.47. The van der Waals surface area contributed by atoms with E-state index >= 15 is 0 Å². The van der Waals surface area contributed by atoms with E-state index in [0.717, 1.165) is 6.26 Å². The van der Waals surface area contributed by atoms with Gasteiger partial charge in [-0.15, -0.1) is 5.10 Å². The fourth-order valence-electron chi connectivity index (χ4n) is 2.17. The average molecular weight is 302 g/mol. The molecule has 0 radical (unpaired) electrons. The number of hydrogen-bond donors (Lipinski definition) is 2. The van der Waals surface area contributed by atoms with Crippen molar-refractivity contribution in [1.29, 1.82) is 0 Å². The van der Waals surface area contributed by atoms with Crippen molar-refractivity contribution in [3.05, 3.63) is 6.33 Å². The van der Waals surface area contributed by atoms with Crippen LogP contribution in [0.5, 0.6) is 0 Å². The lowest BCUT2D eigenvalue weighted by Gasteiger charge is -2.31. The van der Waals surface area contributed by atoms with Crippen molar-refractivity contribution in [2.75, 3.05) is 25.1 Å². The molecule has 1 aliphatic heterocycles. The molecule has 1 saturated heterocycles. The second-order valence-electron chi connectivity index (χ2n) is 4.85. The number of nitrogens with two attached hydrogens (primary N) is 1. The van der Waals surface area contributed by atoms with Crippen molar-refractivity contribution in [3.8, 4) is 0 Å². The summed E-state index contributed by atoms with van der Waals surface area (Å²) in [6, 6.07) is -0.101. The van der Waals surface area contributed by atoms with Crippen LogP contribution in [-0.4, -0.2) is 59.4 Å². The molecule has 20 heavy (non-hydrogen) atoms. The molecule has 0 aliphatic carbocycles. The minimum Gasteiger partial charge on any atom is -0.367 e. The Morgan fingerprint density at radius 3 is 2.65 bits per heavy atom. The number of carbonyl (C=O) groups excluding carboxylic acids is 1. The second-order valence-corrected chi connectivity index (χ2v) is 6.63. The summed E-state index contributed by atoms with van der Waals surface area (Å²) < 4.78 is 26.2. The first-order chi connectivity index (χ1) is 9.33. The Balaban J connectivity index is 1.83. The van der Waals surface area contributed by atoms with E-state index in [9.17, 15) is 13.2 Å². The van der Waals surface area contributed by atoms with Crippen LogP contribution >= 0.6 is 0 Å². The number of rotatable bonds is 4. The van der Waals surface area contributed by atoms with E-state index in [1.807, 2.05) is 0 Å². The summed E-state index contributed by atoms with van der Waals surface area (Å²) in [5.41, 5.74) is 5.38. The van der Waals surface area contributed by atoms with Crippen LogP contribution in [0.4, 0.5) is 5.95 Å². The zero-order chi connectivity index (χ0) is 14.8. The first-order valence-corrected chi connectivity index (χ1v) is 8.12. The smallest absolute Gasteiger partial charge is 0.244 e. The Labute approximate surface area is 117 Å². The highest BCUT2D eigenvalue weighted by atomic mass is 32.2. The quantitative estimate of drug-likeness (QED) is 0.690. The van der Waals surface area contributed by atoms with E-state index in [0.29, 0.717) is 25.9 Å². The molecule has 0 bridgehead atoms. The largest absolute Gasteiger partial charge is 0.367 e. The van der Waals surface area contributed by atoms with Gasteiger partial charge >= 0.3 is 0 Å². The Kier molecular flexibility index (Phi) is 4.23. The highest BCUT2D eigenvalue weighted by molar-refractivity contribution is 7.88. The van der Waals surface area contributed by atoms with Gasteiger partial charge in [-0.3, -0.25) is 4.79 Å². The number of piperidine rings is 1. The van der Waals surface area contributed by atoms with Crippen molar-refractivity contribution in [1.82, 2.24) is 24.4 Å². The van der Waals surface area contributed by atoms with Crippen LogP contribution in [0.25, 0.3) is 0 Å². The molecule has 0 atom stereocenters.